The summed E-state index contributed by atoms with van der Waals surface area (Å²) in [5.41, 5.74) is 9.00. The van der Waals surface area contributed by atoms with Crippen molar-refractivity contribution in [2.45, 2.75) is 13.8 Å². The lowest BCUT2D eigenvalue weighted by Crippen LogP contribution is -1.87. The topological polar surface area (TPSA) is 44.5 Å². The Hall–Kier alpha value is -4.18. The molecule has 2 N–H and O–H groups in total. The average molecular weight is 434 g/mol. The second kappa shape index (κ2) is 8.40. The number of halogens is 1. The summed E-state index contributed by atoms with van der Waals surface area (Å²) in [4.78, 5) is 3.51. The van der Waals surface area contributed by atoms with Gasteiger partial charge < -0.3 is 4.98 Å². The standard InChI is InChI=1S/C29H24FN3/c1-4-8-18(3)22(5-2)20-13-14-27-25(16-20)29(33-32-27)28-17-24-23(11-7-12-26(24)31-28)19-9-6-10-21(30)15-19/h4-17,31H,1H2,2-3H3,(H,32,33)/b18-8-,22-5+. The largest absolute Gasteiger partial charge is 0.353 e. The van der Waals surface area contributed by atoms with Crippen LogP contribution >= 0.6 is 0 Å². The van der Waals surface area contributed by atoms with Gasteiger partial charge in [0, 0.05) is 16.3 Å². The van der Waals surface area contributed by atoms with E-state index in [1.165, 1.54) is 6.07 Å². The smallest absolute Gasteiger partial charge is 0.123 e. The van der Waals surface area contributed by atoms with Gasteiger partial charge in [0.15, 0.2) is 0 Å². The molecule has 0 saturated carbocycles. The number of nitrogens with zero attached hydrogens (tertiary/aromatic N) is 1. The molecule has 0 saturated heterocycles. The van der Waals surface area contributed by atoms with E-state index in [0.29, 0.717) is 0 Å². The molecule has 0 aliphatic rings. The van der Waals surface area contributed by atoms with Crippen LogP contribution in [-0.2, 0) is 0 Å². The Morgan fingerprint density at radius 3 is 2.61 bits per heavy atom. The lowest BCUT2D eigenvalue weighted by molar-refractivity contribution is 0.628. The molecule has 2 aromatic heterocycles. The number of hydrogen-bond acceptors (Lipinski definition) is 1. The van der Waals surface area contributed by atoms with Crippen LogP contribution in [0.3, 0.4) is 0 Å². The molecule has 162 valence electrons. The second-order valence-corrected chi connectivity index (χ2v) is 8.08. The van der Waals surface area contributed by atoms with Gasteiger partial charge >= 0.3 is 0 Å². The van der Waals surface area contributed by atoms with Crippen LogP contribution in [-0.4, -0.2) is 15.2 Å². The van der Waals surface area contributed by atoms with Crippen LogP contribution < -0.4 is 0 Å². The molecule has 4 heteroatoms. The van der Waals surface area contributed by atoms with E-state index in [1.807, 2.05) is 37.3 Å². The quantitative estimate of drug-likeness (QED) is 0.271. The molecular formula is C29H24FN3. The van der Waals surface area contributed by atoms with Crippen molar-refractivity contribution in [3.63, 3.8) is 0 Å². The summed E-state index contributed by atoms with van der Waals surface area (Å²) < 4.78 is 13.9. The van der Waals surface area contributed by atoms with E-state index in [1.54, 1.807) is 18.2 Å². The van der Waals surface area contributed by atoms with E-state index >= 15 is 0 Å². The normalized spacial score (nSPS) is 12.6. The molecule has 0 spiro atoms. The maximum atomic E-state index is 13.9. The fourth-order valence-corrected chi connectivity index (χ4v) is 4.47. The van der Waals surface area contributed by atoms with Crippen LogP contribution in [0.25, 0.3) is 49.9 Å². The summed E-state index contributed by atoms with van der Waals surface area (Å²) in [7, 11) is 0. The van der Waals surface area contributed by atoms with Gasteiger partial charge in [0.1, 0.15) is 11.5 Å². The Labute approximate surface area is 192 Å². The molecule has 0 aliphatic heterocycles. The number of fused-ring (bicyclic) bond motifs is 2. The van der Waals surface area contributed by atoms with Gasteiger partial charge in [-0.25, -0.2) is 4.39 Å². The fourth-order valence-electron chi connectivity index (χ4n) is 4.47. The van der Waals surface area contributed by atoms with Gasteiger partial charge in [0.2, 0.25) is 0 Å². The van der Waals surface area contributed by atoms with Crippen LogP contribution in [0.4, 0.5) is 4.39 Å². The molecule has 5 aromatic rings. The molecule has 0 bridgehead atoms. The highest BCUT2D eigenvalue weighted by Crippen LogP contribution is 2.35. The SMILES string of the molecule is C=C/C=C(C)\C(=C/C)c1ccc2[nH]nc(-c3cc4c(-c5cccc(F)c5)cccc4[nH]3)c2c1. The van der Waals surface area contributed by atoms with E-state index in [9.17, 15) is 4.39 Å². The third-order valence-electron chi connectivity index (χ3n) is 6.01. The van der Waals surface area contributed by atoms with Crippen LogP contribution in [0.1, 0.15) is 19.4 Å². The first-order valence-corrected chi connectivity index (χ1v) is 10.9. The Morgan fingerprint density at radius 2 is 1.82 bits per heavy atom. The maximum Gasteiger partial charge on any atom is 0.123 e. The first kappa shape index (κ1) is 20.7. The molecule has 5 rings (SSSR count). The predicted molar refractivity (Wildman–Crippen MR) is 136 cm³/mol. The first-order chi connectivity index (χ1) is 16.1. The molecule has 0 atom stereocenters. The van der Waals surface area contributed by atoms with Gasteiger partial charge in [-0.3, -0.25) is 5.10 Å². The molecule has 2 heterocycles. The molecule has 0 unspecified atom stereocenters. The second-order valence-electron chi connectivity index (χ2n) is 8.08. The van der Waals surface area contributed by atoms with Crippen molar-refractivity contribution in [1.82, 2.24) is 15.2 Å². The van der Waals surface area contributed by atoms with E-state index in [0.717, 1.165) is 61.0 Å². The first-order valence-electron chi connectivity index (χ1n) is 10.9. The zero-order valence-electron chi connectivity index (χ0n) is 18.6. The van der Waals surface area contributed by atoms with Gasteiger partial charge in [0.25, 0.3) is 0 Å². The van der Waals surface area contributed by atoms with Gasteiger partial charge in [-0.2, -0.15) is 5.10 Å². The van der Waals surface area contributed by atoms with Crippen molar-refractivity contribution in [3.05, 3.63) is 108 Å². The summed E-state index contributed by atoms with van der Waals surface area (Å²) in [5, 5.41) is 9.84. The number of allylic oxidation sites excluding steroid dienone is 5. The number of aromatic amines is 2. The zero-order chi connectivity index (χ0) is 22.9. The predicted octanol–water partition coefficient (Wildman–Crippen LogP) is 8.05. The third-order valence-corrected chi connectivity index (χ3v) is 6.01. The number of H-pyrrole nitrogens is 2. The van der Waals surface area contributed by atoms with Crippen LogP contribution in [0, 0.1) is 5.82 Å². The lowest BCUT2D eigenvalue weighted by Gasteiger charge is -2.08. The van der Waals surface area contributed by atoms with E-state index in [2.05, 4.69) is 59.0 Å². The summed E-state index contributed by atoms with van der Waals surface area (Å²) in [6, 6.07) is 21.2. The highest BCUT2D eigenvalue weighted by atomic mass is 19.1. The highest BCUT2D eigenvalue weighted by molar-refractivity contribution is 6.01. The maximum absolute atomic E-state index is 13.9. The summed E-state index contributed by atoms with van der Waals surface area (Å²) in [6.07, 6.45) is 5.94. The molecule has 0 aliphatic carbocycles. The minimum Gasteiger partial charge on any atom is -0.353 e. The van der Waals surface area contributed by atoms with Crippen molar-refractivity contribution in [1.29, 1.82) is 0 Å². The van der Waals surface area contributed by atoms with Gasteiger partial charge in [0.05, 0.1) is 11.2 Å². The minimum atomic E-state index is -0.244. The molecule has 0 radical (unpaired) electrons. The number of nitrogens with one attached hydrogen (secondary N) is 2. The van der Waals surface area contributed by atoms with E-state index in [-0.39, 0.29) is 5.82 Å². The minimum absolute atomic E-state index is 0.244. The average Bonchev–Trinajstić information content (AvgIpc) is 3.43. The van der Waals surface area contributed by atoms with Crippen molar-refractivity contribution < 1.29 is 4.39 Å². The summed E-state index contributed by atoms with van der Waals surface area (Å²) in [6.45, 7) is 7.95. The lowest BCUT2D eigenvalue weighted by atomic mass is 9.96. The Bertz CT molecular complexity index is 1560. The number of hydrogen-bond donors (Lipinski definition) is 2. The van der Waals surface area contributed by atoms with Crippen molar-refractivity contribution >= 4 is 27.4 Å². The number of aromatic nitrogens is 3. The van der Waals surface area contributed by atoms with Crippen molar-refractivity contribution in [2.24, 2.45) is 0 Å². The Morgan fingerprint density at radius 1 is 0.970 bits per heavy atom. The molecule has 0 amide bonds. The third kappa shape index (κ3) is 3.70. The fraction of sp³-hybridized carbons (Fsp3) is 0.0690. The van der Waals surface area contributed by atoms with E-state index < -0.39 is 0 Å². The Kier molecular flexibility index (Phi) is 5.27. The summed E-state index contributed by atoms with van der Waals surface area (Å²) in [5.74, 6) is -0.244. The van der Waals surface area contributed by atoms with Crippen molar-refractivity contribution in [2.75, 3.05) is 0 Å². The van der Waals surface area contributed by atoms with Gasteiger partial charge in [-0.1, -0.05) is 55.1 Å². The molecular weight excluding hydrogens is 409 g/mol. The summed E-state index contributed by atoms with van der Waals surface area (Å²) >= 11 is 0. The zero-order valence-corrected chi connectivity index (χ0v) is 18.6. The molecule has 3 aromatic carbocycles. The number of rotatable bonds is 5. The Balaban J connectivity index is 1.65. The number of benzene rings is 3. The van der Waals surface area contributed by atoms with Crippen LogP contribution in [0.2, 0.25) is 0 Å². The molecule has 0 fully saturated rings. The van der Waals surface area contributed by atoms with E-state index in [4.69, 9.17) is 0 Å². The van der Waals surface area contributed by atoms with Crippen LogP contribution in [0.15, 0.2) is 97.1 Å². The monoisotopic (exact) mass is 433 g/mol. The van der Waals surface area contributed by atoms with Crippen molar-refractivity contribution in [3.8, 4) is 22.5 Å². The van der Waals surface area contributed by atoms with Crippen LogP contribution in [0.5, 0.6) is 0 Å². The van der Waals surface area contributed by atoms with Gasteiger partial charge in [-0.15, -0.1) is 0 Å². The van der Waals surface area contributed by atoms with Gasteiger partial charge in [-0.05, 0) is 78.1 Å². The highest BCUT2D eigenvalue weighted by Gasteiger charge is 2.15. The molecule has 3 nitrogen and oxygen atoms in total. The molecule has 33 heavy (non-hydrogen) atoms.